The van der Waals surface area contributed by atoms with E-state index in [1.165, 1.54) is 81.9 Å². The lowest BCUT2D eigenvalue weighted by atomic mass is 10.1. The zero-order chi connectivity index (χ0) is 27.0. The van der Waals surface area contributed by atoms with E-state index >= 15 is 0 Å². The van der Waals surface area contributed by atoms with E-state index < -0.39 is 0 Å². The molecule has 3 aromatic rings. The van der Waals surface area contributed by atoms with E-state index in [9.17, 15) is 4.79 Å². The minimum Gasteiger partial charge on any atom is -1.00 e. The summed E-state index contributed by atoms with van der Waals surface area (Å²) in [5.74, 6) is 0.451. The van der Waals surface area contributed by atoms with Crippen molar-refractivity contribution >= 4 is 34.5 Å². The van der Waals surface area contributed by atoms with Gasteiger partial charge in [0.25, 0.3) is 5.91 Å². The van der Waals surface area contributed by atoms with Crippen LogP contribution in [0.25, 0.3) is 0 Å². The average Bonchev–Trinajstić information content (AvgIpc) is 3.32. The van der Waals surface area contributed by atoms with Gasteiger partial charge in [0, 0.05) is 23.7 Å². The van der Waals surface area contributed by atoms with Crippen LogP contribution in [0.2, 0.25) is 5.02 Å². The number of carbonyl (C=O) groups is 1. The van der Waals surface area contributed by atoms with Gasteiger partial charge in [-0.1, -0.05) is 113 Å². The number of nitrogens with zero attached hydrogens (tertiary/aromatic N) is 1. The quantitative estimate of drug-likeness (QED) is 0.130. The first kappa shape index (κ1) is 33.3. The highest BCUT2D eigenvalue weighted by atomic mass is 79.9. The number of benzene rings is 2. The van der Waals surface area contributed by atoms with Gasteiger partial charge in [0.1, 0.15) is 5.75 Å². The van der Waals surface area contributed by atoms with Crippen molar-refractivity contribution in [2.24, 2.45) is 0 Å². The molecule has 3 rings (SSSR count). The normalized spacial score (nSPS) is 10.7. The zero-order valence-corrected chi connectivity index (χ0v) is 26.7. The second-order valence-corrected chi connectivity index (χ2v) is 11.3. The molecule has 1 heterocycles. The van der Waals surface area contributed by atoms with Gasteiger partial charge in [0.15, 0.2) is 12.2 Å². The Morgan fingerprint density at radius 1 is 0.897 bits per heavy atom. The first-order valence-corrected chi connectivity index (χ1v) is 15.6. The maximum absolute atomic E-state index is 12.7. The number of hydrogen-bond acceptors (Lipinski definition) is 3. The Morgan fingerprint density at radius 3 is 2.08 bits per heavy atom. The van der Waals surface area contributed by atoms with E-state index in [1.54, 1.807) is 29.5 Å². The number of ether oxygens (including phenoxy) is 1. The number of carbonyl (C=O) groups excluding carboxylic acids is 1. The van der Waals surface area contributed by atoms with Crippen LogP contribution in [0.1, 0.15) is 106 Å². The Balaban J connectivity index is 0.00000533. The summed E-state index contributed by atoms with van der Waals surface area (Å²) in [4.78, 5) is 12.7. The Bertz CT molecular complexity index is 1100. The summed E-state index contributed by atoms with van der Waals surface area (Å²) in [6, 6.07) is 13.2. The fourth-order valence-electron chi connectivity index (χ4n) is 4.49. The number of unbranched alkanes of at least 4 members (excludes halogenated alkanes) is 11. The van der Waals surface area contributed by atoms with Crippen LogP contribution in [0, 0.1) is 6.92 Å². The summed E-state index contributed by atoms with van der Waals surface area (Å²) in [6.45, 7) is 5.84. The first-order chi connectivity index (χ1) is 18.6. The lowest BCUT2D eigenvalue weighted by Crippen LogP contribution is -3.00. The van der Waals surface area contributed by atoms with E-state index in [0.717, 1.165) is 18.7 Å². The molecule has 0 aliphatic heterocycles. The number of thiazole rings is 1. The van der Waals surface area contributed by atoms with Crippen molar-refractivity contribution in [1.29, 1.82) is 0 Å². The van der Waals surface area contributed by atoms with Crippen molar-refractivity contribution in [3.63, 3.8) is 0 Å². The molecule has 0 aliphatic carbocycles. The minimum atomic E-state index is -0.185. The van der Waals surface area contributed by atoms with Crippen molar-refractivity contribution in [3.05, 3.63) is 75.2 Å². The molecule has 39 heavy (non-hydrogen) atoms. The van der Waals surface area contributed by atoms with Gasteiger partial charge in [-0.15, -0.1) is 0 Å². The van der Waals surface area contributed by atoms with Crippen LogP contribution in [-0.2, 0) is 6.54 Å². The third-order valence-electron chi connectivity index (χ3n) is 6.89. The highest BCUT2D eigenvalue weighted by molar-refractivity contribution is 7.07. The molecule has 214 valence electrons. The number of nitrogens with one attached hydrogen (secondary N) is 1. The molecule has 0 aliphatic rings. The topological polar surface area (TPSA) is 42.2 Å². The van der Waals surface area contributed by atoms with Gasteiger partial charge >= 0.3 is 0 Å². The number of halogens is 2. The summed E-state index contributed by atoms with van der Waals surface area (Å²) < 4.78 is 8.09. The molecule has 0 saturated carbocycles. The van der Waals surface area contributed by atoms with E-state index in [4.69, 9.17) is 16.3 Å². The second-order valence-electron chi connectivity index (χ2n) is 10.2. The number of aromatic nitrogens is 1. The van der Waals surface area contributed by atoms with Gasteiger partial charge in [-0.3, -0.25) is 4.79 Å². The molecule has 0 radical (unpaired) electrons. The highest BCUT2D eigenvalue weighted by Gasteiger charge is 2.12. The van der Waals surface area contributed by atoms with Gasteiger partial charge in [-0.05, 0) is 36.8 Å². The third kappa shape index (κ3) is 12.4. The summed E-state index contributed by atoms with van der Waals surface area (Å²) in [5, 5.41) is 5.56. The molecule has 0 unspecified atom stereocenters. The Hall–Kier alpha value is -1.89. The second kappa shape index (κ2) is 19.2. The van der Waals surface area contributed by atoms with Crippen LogP contribution in [0.4, 0.5) is 5.69 Å². The average molecular weight is 636 g/mol. The molecule has 7 heteroatoms. The molecule has 1 aromatic heterocycles. The third-order valence-corrected chi connectivity index (χ3v) is 8.04. The van der Waals surface area contributed by atoms with Gasteiger partial charge in [0.05, 0.1) is 17.0 Å². The molecule has 0 atom stereocenters. The predicted octanol–water partition coefficient (Wildman–Crippen LogP) is 6.38. The molecule has 0 spiro atoms. The summed E-state index contributed by atoms with van der Waals surface area (Å²) >= 11 is 8.12. The molecular weight excluding hydrogens is 592 g/mol. The standard InChI is InChI=1S/C32H43ClN2O2S.BrH/c1-3-4-5-6-7-8-9-10-11-12-13-14-21-37-31-20-17-28(22-30(31)33)32(36)34-29-18-15-27(16-19-29)23-35-25-38-24-26(35)2;/h15-20,22,24-25H,3-14,21,23H2,1-2H3;1H. The number of rotatable bonds is 18. The van der Waals surface area contributed by atoms with Crippen molar-refractivity contribution in [2.45, 2.75) is 97.4 Å². The van der Waals surface area contributed by atoms with Crippen LogP contribution >= 0.6 is 22.9 Å². The minimum absolute atomic E-state index is 0. The molecule has 0 saturated heterocycles. The lowest BCUT2D eigenvalue weighted by Gasteiger charge is -2.10. The summed E-state index contributed by atoms with van der Waals surface area (Å²) in [5.41, 5.74) is 5.81. The SMILES string of the molecule is CCCCCCCCCCCCCCOc1ccc(C(=O)Nc2ccc(C[n+]3cscc3C)cc2)cc1Cl.[Br-]. The fourth-order valence-corrected chi connectivity index (χ4v) is 5.51. The fraction of sp³-hybridized carbons (Fsp3) is 0.500. The molecule has 1 N–H and O–H groups in total. The lowest BCUT2D eigenvalue weighted by molar-refractivity contribution is -0.689. The van der Waals surface area contributed by atoms with E-state index in [1.807, 2.05) is 24.3 Å². The van der Waals surface area contributed by atoms with Crippen LogP contribution < -0.4 is 31.6 Å². The maximum atomic E-state index is 12.7. The van der Waals surface area contributed by atoms with Gasteiger partial charge in [-0.25, -0.2) is 0 Å². The van der Waals surface area contributed by atoms with Gasteiger partial charge in [0.2, 0.25) is 5.51 Å². The Morgan fingerprint density at radius 2 is 1.51 bits per heavy atom. The van der Waals surface area contributed by atoms with Crippen molar-refractivity contribution < 1.29 is 31.1 Å². The number of amides is 1. The highest BCUT2D eigenvalue weighted by Crippen LogP contribution is 2.26. The van der Waals surface area contributed by atoms with Crippen molar-refractivity contribution in [1.82, 2.24) is 0 Å². The van der Waals surface area contributed by atoms with E-state index in [2.05, 4.69) is 34.6 Å². The maximum Gasteiger partial charge on any atom is 0.255 e. The molecule has 4 nitrogen and oxygen atoms in total. The molecule has 0 bridgehead atoms. The Kier molecular flexibility index (Phi) is 16.4. The monoisotopic (exact) mass is 634 g/mol. The number of hydrogen-bond donors (Lipinski definition) is 1. The Labute approximate surface area is 254 Å². The van der Waals surface area contributed by atoms with Gasteiger partial charge in [-0.2, -0.15) is 4.57 Å². The number of anilines is 1. The summed E-state index contributed by atoms with van der Waals surface area (Å²) in [7, 11) is 0. The summed E-state index contributed by atoms with van der Waals surface area (Å²) in [6.07, 6.45) is 15.8. The zero-order valence-electron chi connectivity index (χ0n) is 23.5. The van der Waals surface area contributed by atoms with E-state index in [-0.39, 0.29) is 22.9 Å². The largest absolute Gasteiger partial charge is 1.00 e. The van der Waals surface area contributed by atoms with Crippen molar-refractivity contribution in [2.75, 3.05) is 11.9 Å². The van der Waals surface area contributed by atoms with Crippen LogP contribution in [0.15, 0.2) is 53.4 Å². The molecular formula is C32H44BrClN2O2S. The smallest absolute Gasteiger partial charge is 0.255 e. The van der Waals surface area contributed by atoms with Crippen LogP contribution in [-0.4, -0.2) is 12.5 Å². The number of aryl methyl sites for hydroxylation is 1. The van der Waals surface area contributed by atoms with Crippen LogP contribution in [0.3, 0.4) is 0 Å². The van der Waals surface area contributed by atoms with E-state index in [0.29, 0.717) is 22.9 Å². The van der Waals surface area contributed by atoms with Crippen molar-refractivity contribution in [3.8, 4) is 5.75 Å². The molecule has 2 aromatic carbocycles. The molecule has 1 amide bonds. The first-order valence-electron chi connectivity index (χ1n) is 14.3. The van der Waals surface area contributed by atoms with Crippen LogP contribution in [0.5, 0.6) is 5.75 Å². The molecule has 0 fully saturated rings. The predicted molar refractivity (Wildman–Crippen MR) is 161 cm³/mol. The van der Waals surface area contributed by atoms with Gasteiger partial charge < -0.3 is 27.0 Å².